The van der Waals surface area contributed by atoms with Crippen molar-refractivity contribution in [1.29, 1.82) is 0 Å². The Bertz CT molecular complexity index is 573. The summed E-state index contributed by atoms with van der Waals surface area (Å²) in [6, 6.07) is 4.29. The Morgan fingerprint density at radius 2 is 1.67 bits per heavy atom. The van der Waals surface area contributed by atoms with E-state index in [1.807, 2.05) is 0 Å². The lowest BCUT2D eigenvalue weighted by atomic mass is 10.0. The summed E-state index contributed by atoms with van der Waals surface area (Å²) in [4.78, 5) is 0. The van der Waals surface area contributed by atoms with Crippen molar-refractivity contribution >= 4 is 11.0 Å². The van der Waals surface area contributed by atoms with Gasteiger partial charge in [-0.25, -0.2) is 0 Å². The molecule has 1 N–H and O–H groups in total. The van der Waals surface area contributed by atoms with Crippen molar-refractivity contribution in [2.45, 2.75) is 53.6 Å². The molecule has 2 heteroatoms. The molecule has 0 aliphatic rings. The summed E-state index contributed by atoms with van der Waals surface area (Å²) in [6.45, 7) is 13.7. The van der Waals surface area contributed by atoms with Crippen LogP contribution >= 0.6 is 0 Å². The van der Waals surface area contributed by atoms with Crippen LogP contribution in [0.2, 0.25) is 0 Å². The van der Waals surface area contributed by atoms with Gasteiger partial charge in [0.2, 0.25) is 0 Å². The van der Waals surface area contributed by atoms with Crippen LogP contribution in [0.5, 0.6) is 0 Å². The Hall–Kier alpha value is -1.28. The van der Waals surface area contributed by atoms with Gasteiger partial charge in [0.05, 0.1) is 6.54 Å². The minimum atomic E-state index is 0.107. The third-order valence-electron chi connectivity index (χ3n) is 3.36. The van der Waals surface area contributed by atoms with Gasteiger partial charge in [0, 0.05) is 10.9 Å². The van der Waals surface area contributed by atoms with Crippen molar-refractivity contribution in [1.82, 2.24) is 5.32 Å². The highest BCUT2D eigenvalue weighted by molar-refractivity contribution is 5.87. The molecule has 0 aliphatic carbocycles. The Labute approximate surface area is 109 Å². The molecule has 2 nitrogen and oxygen atoms in total. The molecule has 1 heterocycles. The molecule has 0 spiro atoms. The van der Waals surface area contributed by atoms with Crippen LogP contribution in [0.1, 0.15) is 43.2 Å². The summed E-state index contributed by atoms with van der Waals surface area (Å²) in [5.41, 5.74) is 4.91. The molecule has 0 radical (unpaired) electrons. The van der Waals surface area contributed by atoms with E-state index in [1.165, 1.54) is 22.1 Å². The highest BCUT2D eigenvalue weighted by Gasteiger charge is 2.16. The van der Waals surface area contributed by atoms with E-state index in [4.69, 9.17) is 4.42 Å². The average Bonchev–Trinajstić information content (AvgIpc) is 2.59. The van der Waals surface area contributed by atoms with E-state index in [1.54, 1.807) is 0 Å². The molecule has 0 unspecified atom stereocenters. The Morgan fingerprint density at radius 1 is 1.06 bits per heavy atom. The first kappa shape index (κ1) is 13.2. The zero-order valence-electron chi connectivity index (χ0n) is 12.3. The minimum absolute atomic E-state index is 0.107. The maximum Gasteiger partial charge on any atom is 0.137 e. The Kier molecular flexibility index (Phi) is 3.24. The molecular weight excluding hydrogens is 222 g/mol. The number of hydrogen-bond donors (Lipinski definition) is 1. The third-order valence-corrected chi connectivity index (χ3v) is 3.36. The fraction of sp³-hybridized carbons (Fsp3) is 0.500. The summed E-state index contributed by atoms with van der Waals surface area (Å²) in [5, 5.41) is 4.76. The summed E-state index contributed by atoms with van der Waals surface area (Å²) in [7, 11) is 0. The van der Waals surface area contributed by atoms with Crippen LogP contribution in [0.4, 0.5) is 0 Å². The molecule has 1 aromatic carbocycles. The van der Waals surface area contributed by atoms with Gasteiger partial charge in [0.15, 0.2) is 0 Å². The fourth-order valence-corrected chi connectivity index (χ4v) is 2.24. The average molecular weight is 245 g/mol. The summed E-state index contributed by atoms with van der Waals surface area (Å²) >= 11 is 0. The zero-order chi connectivity index (χ0) is 13.5. The SMILES string of the molecule is Cc1ccc(C)c2c(C)c(CNC(C)(C)C)oc12. The normalized spacial score (nSPS) is 12.3. The number of nitrogens with one attached hydrogen (secondary N) is 1. The second-order valence-corrected chi connectivity index (χ2v) is 6.16. The molecule has 98 valence electrons. The van der Waals surface area contributed by atoms with Crippen LogP contribution in [-0.4, -0.2) is 5.54 Å². The minimum Gasteiger partial charge on any atom is -0.459 e. The molecule has 0 saturated heterocycles. The molecule has 2 rings (SSSR count). The van der Waals surface area contributed by atoms with E-state index in [9.17, 15) is 0 Å². The molecule has 1 aromatic heterocycles. The summed E-state index contributed by atoms with van der Waals surface area (Å²) < 4.78 is 6.04. The standard InChI is InChI=1S/C16H23NO/c1-10-7-8-11(2)15-14(10)12(3)13(18-15)9-17-16(4,5)6/h7-8,17H,9H2,1-6H3. The molecular formula is C16H23NO. The van der Waals surface area contributed by atoms with Crippen LogP contribution in [0.3, 0.4) is 0 Å². The monoisotopic (exact) mass is 245 g/mol. The van der Waals surface area contributed by atoms with Gasteiger partial charge in [0.25, 0.3) is 0 Å². The van der Waals surface area contributed by atoms with Crippen molar-refractivity contribution in [3.63, 3.8) is 0 Å². The number of benzene rings is 1. The van der Waals surface area contributed by atoms with E-state index in [2.05, 4.69) is 59.0 Å². The van der Waals surface area contributed by atoms with Crippen molar-refractivity contribution in [2.24, 2.45) is 0 Å². The molecule has 0 amide bonds. The predicted octanol–water partition coefficient (Wildman–Crippen LogP) is 4.25. The molecule has 2 aromatic rings. The first-order valence-corrected chi connectivity index (χ1v) is 6.53. The molecule has 0 bridgehead atoms. The number of fused-ring (bicyclic) bond motifs is 1. The lowest BCUT2D eigenvalue weighted by Gasteiger charge is -2.19. The quantitative estimate of drug-likeness (QED) is 0.855. The van der Waals surface area contributed by atoms with E-state index in [0.29, 0.717) is 0 Å². The summed E-state index contributed by atoms with van der Waals surface area (Å²) in [6.07, 6.45) is 0. The number of rotatable bonds is 2. The predicted molar refractivity (Wildman–Crippen MR) is 77.0 cm³/mol. The first-order chi connectivity index (χ1) is 8.29. The van der Waals surface area contributed by atoms with Gasteiger partial charge in [0.1, 0.15) is 11.3 Å². The lowest BCUT2D eigenvalue weighted by Crippen LogP contribution is -2.35. The maximum atomic E-state index is 6.04. The van der Waals surface area contributed by atoms with E-state index in [0.717, 1.165) is 17.9 Å². The topological polar surface area (TPSA) is 25.2 Å². The van der Waals surface area contributed by atoms with Gasteiger partial charge < -0.3 is 9.73 Å². The molecule has 0 aliphatic heterocycles. The fourth-order valence-electron chi connectivity index (χ4n) is 2.24. The van der Waals surface area contributed by atoms with E-state index >= 15 is 0 Å². The number of aryl methyl sites for hydroxylation is 3. The van der Waals surface area contributed by atoms with Gasteiger partial charge in [-0.3, -0.25) is 0 Å². The van der Waals surface area contributed by atoms with Gasteiger partial charge >= 0.3 is 0 Å². The first-order valence-electron chi connectivity index (χ1n) is 6.53. The Balaban J connectivity index is 2.45. The summed E-state index contributed by atoms with van der Waals surface area (Å²) in [5.74, 6) is 1.05. The molecule has 0 atom stereocenters. The van der Waals surface area contributed by atoms with Crippen LogP contribution in [0.15, 0.2) is 16.5 Å². The van der Waals surface area contributed by atoms with Crippen molar-refractivity contribution < 1.29 is 4.42 Å². The Morgan fingerprint density at radius 3 is 2.22 bits per heavy atom. The van der Waals surface area contributed by atoms with E-state index < -0.39 is 0 Å². The highest BCUT2D eigenvalue weighted by Crippen LogP contribution is 2.30. The van der Waals surface area contributed by atoms with Gasteiger partial charge in [-0.2, -0.15) is 0 Å². The van der Waals surface area contributed by atoms with Crippen molar-refractivity contribution in [3.05, 3.63) is 34.6 Å². The lowest BCUT2D eigenvalue weighted by molar-refractivity contribution is 0.394. The maximum absolute atomic E-state index is 6.04. The largest absolute Gasteiger partial charge is 0.459 e. The van der Waals surface area contributed by atoms with Crippen molar-refractivity contribution in [2.75, 3.05) is 0 Å². The van der Waals surface area contributed by atoms with E-state index in [-0.39, 0.29) is 5.54 Å². The van der Waals surface area contributed by atoms with Gasteiger partial charge in [-0.05, 0) is 58.2 Å². The molecule has 0 fully saturated rings. The van der Waals surface area contributed by atoms with Crippen LogP contribution < -0.4 is 5.32 Å². The van der Waals surface area contributed by atoms with Crippen LogP contribution in [-0.2, 0) is 6.54 Å². The smallest absolute Gasteiger partial charge is 0.137 e. The van der Waals surface area contributed by atoms with Gasteiger partial charge in [-0.15, -0.1) is 0 Å². The highest BCUT2D eigenvalue weighted by atomic mass is 16.3. The third kappa shape index (κ3) is 2.44. The second kappa shape index (κ2) is 4.43. The molecule has 18 heavy (non-hydrogen) atoms. The number of furan rings is 1. The van der Waals surface area contributed by atoms with Crippen LogP contribution in [0.25, 0.3) is 11.0 Å². The van der Waals surface area contributed by atoms with Crippen LogP contribution in [0, 0.1) is 20.8 Å². The van der Waals surface area contributed by atoms with Crippen molar-refractivity contribution in [3.8, 4) is 0 Å². The number of hydrogen-bond acceptors (Lipinski definition) is 2. The molecule has 0 saturated carbocycles. The second-order valence-electron chi connectivity index (χ2n) is 6.16. The van der Waals surface area contributed by atoms with Gasteiger partial charge in [-0.1, -0.05) is 12.1 Å². The zero-order valence-corrected chi connectivity index (χ0v) is 12.3.